The summed E-state index contributed by atoms with van der Waals surface area (Å²) in [4.78, 5) is 13.5. The number of hydrogen-bond acceptors (Lipinski definition) is 6. The van der Waals surface area contributed by atoms with Crippen molar-refractivity contribution in [2.75, 3.05) is 29.2 Å². The highest BCUT2D eigenvalue weighted by atomic mass is 32.2. The maximum absolute atomic E-state index is 11.9. The third kappa shape index (κ3) is 4.03. The molecule has 0 aromatic carbocycles. The molecule has 8 heteroatoms. The van der Waals surface area contributed by atoms with Crippen molar-refractivity contribution in [3.63, 3.8) is 0 Å². The van der Waals surface area contributed by atoms with Crippen LogP contribution in [0.15, 0.2) is 33.5 Å². The summed E-state index contributed by atoms with van der Waals surface area (Å²) in [6.07, 6.45) is 6.91. The lowest BCUT2D eigenvalue weighted by atomic mass is 10.2. The molecule has 1 fully saturated rings. The molecule has 1 amide bonds. The number of amides is 1. The Morgan fingerprint density at radius 1 is 1.41 bits per heavy atom. The van der Waals surface area contributed by atoms with E-state index < -0.39 is 0 Å². The van der Waals surface area contributed by atoms with Gasteiger partial charge in [-0.1, -0.05) is 0 Å². The van der Waals surface area contributed by atoms with Gasteiger partial charge in [0.25, 0.3) is 6.20 Å². The fraction of sp³-hybridized carbons (Fsp3) is 0.500. The van der Waals surface area contributed by atoms with E-state index >= 15 is 0 Å². The van der Waals surface area contributed by atoms with Gasteiger partial charge in [0.2, 0.25) is 11.2 Å². The fourth-order valence-corrected chi connectivity index (χ4v) is 3.05. The molecule has 1 saturated heterocycles. The Balaban J connectivity index is 1.44. The highest BCUT2D eigenvalue weighted by Gasteiger charge is 2.23. The molecule has 0 unspecified atom stereocenters. The summed E-state index contributed by atoms with van der Waals surface area (Å²) in [5.74, 6) is 2.13. The molecule has 0 bridgehead atoms. The van der Waals surface area contributed by atoms with Crippen LogP contribution < -0.4 is 15.1 Å². The van der Waals surface area contributed by atoms with E-state index in [-0.39, 0.29) is 5.91 Å². The van der Waals surface area contributed by atoms with Gasteiger partial charge in [0, 0.05) is 0 Å². The van der Waals surface area contributed by atoms with Gasteiger partial charge >= 0.3 is 5.88 Å². The molecule has 1 aliphatic heterocycles. The van der Waals surface area contributed by atoms with Gasteiger partial charge in [0.15, 0.2) is 0 Å². The molecule has 118 valence electrons. The van der Waals surface area contributed by atoms with Crippen LogP contribution in [0.4, 0.5) is 5.88 Å². The molecule has 2 aromatic rings. The Labute approximate surface area is 132 Å². The van der Waals surface area contributed by atoms with Gasteiger partial charge in [-0.3, -0.25) is 14.6 Å². The Morgan fingerprint density at radius 2 is 2.27 bits per heavy atom. The van der Waals surface area contributed by atoms with Crippen molar-refractivity contribution >= 4 is 23.6 Å². The lowest BCUT2D eigenvalue weighted by Crippen LogP contribution is -2.60. The van der Waals surface area contributed by atoms with Crippen LogP contribution in [0.1, 0.15) is 25.0 Å². The van der Waals surface area contributed by atoms with Crippen LogP contribution in [0.5, 0.6) is 0 Å². The van der Waals surface area contributed by atoms with Crippen LogP contribution in [-0.4, -0.2) is 30.0 Å². The quantitative estimate of drug-likeness (QED) is 0.813. The first-order chi connectivity index (χ1) is 10.8. The number of rotatable bonds is 6. The van der Waals surface area contributed by atoms with Crippen molar-refractivity contribution < 1.29 is 18.5 Å². The van der Waals surface area contributed by atoms with E-state index in [1.807, 2.05) is 12.1 Å². The number of piperidine rings is 1. The summed E-state index contributed by atoms with van der Waals surface area (Å²) >= 11 is 1.49. The number of carbonyl (C=O) groups is 1. The first kappa shape index (κ1) is 15.0. The number of nitrogens with one attached hydrogen (secondary N) is 1. The van der Waals surface area contributed by atoms with Gasteiger partial charge < -0.3 is 4.42 Å². The molecule has 1 aliphatic rings. The summed E-state index contributed by atoms with van der Waals surface area (Å²) in [5.41, 5.74) is 0. The maximum Gasteiger partial charge on any atom is 0.305 e. The zero-order valence-corrected chi connectivity index (χ0v) is 13.1. The first-order valence-corrected chi connectivity index (χ1v) is 8.50. The second-order valence-corrected chi connectivity index (χ2v) is 6.11. The molecule has 2 aromatic heterocycles. The number of carbonyl (C=O) groups excluding carboxylic acids is 1. The van der Waals surface area contributed by atoms with E-state index in [2.05, 4.69) is 15.6 Å². The Bertz CT molecular complexity index is 593. The topological polar surface area (TPSA) is 75.4 Å². The van der Waals surface area contributed by atoms with Crippen molar-refractivity contribution in [1.29, 1.82) is 0 Å². The number of hydrogen-bond donors (Lipinski definition) is 1. The molecular formula is C14H19N4O3S+. The number of nitrogens with zero attached hydrogens (tertiary/aromatic N) is 3. The second-order valence-electron chi connectivity index (χ2n) is 5.12. The molecule has 0 aliphatic carbocycles. The van der Waals surface area contributed by atoms with E-state index in [4.69, 9.17) is 8.94 Å². The summed E-state index contributed by atoms with van der Waals surface area (Å²) in [6.45, 7) is 1.92. The van der Waals surface area contributed by atoms with Crippen molar-refractivity contribution in [2.45, 2.75) is 25.0 Å². The lowest BCUT2D eigenvalue weighted by Gasteiger charge is -2.17. The highest BCUT2D eigenvalue weighted by Crippen LogP contribution is 2.13. The third-order valence-corrected chi connectivity index (χ3v) is 4.35. The van der Waals surface area contributed by atoms with Crippen molar-refractivity contribution in [3.8, 4) is 0 Å². The van der Waals surface area contributed by atoms with Crippen LogP contribution in [0.25, 0.3) is 0 Å². The molecule has 7 nitrogen and oxygen atoms in total. The second kappa shape index (κ2) is 7.35. The molecule has 0 atom stereocenters. The zero-order chi connectivity index (χ0) is 15.2. The molecule has 3 rings (SSSR count). The lowest BCUT2D eigenvalue weighted by molar-refractivity contribution is -0.759. The van der Waals surface area contributed by atoms with Crippen LogP contribution in [0.2, 0.25) is 0 Å². The van der Waals surface area contributed by atoms with Crippen LogP contribution in [-0.2, 0) is 10.5 Å². The predicted octanol–water partition coefficient (Wildman–Crippen LogP) is 1.55. The Kier molecular flexibility index (Phi) is 4.99. The van der Waals surface area contributed by atoms with Crippen molar-refractivity contribution in [3.05, 3.63) is 30.4 Å². The van der Waals surface area contributed by atoms with Crippen LogP contribution in [0.3, 0.4) is 0 Å². The third-order valence-electron chi connectivity index (χ3n) is 3.40. The van der Waals surface area contributed by atoms with Crippen molar-refractivity contribution in [2.24, 2.45) is 0 Å². The monoisotopic (exact) mass is 323 g/mol. The van der Waals surface area contributed by atoms with Gasteiger partial charge in [0.1, 0.15) is 5.76 Å². The minimum Gasteiger partial charge on any atom is -0.468 e. The summed E-state index contributed by atoms with van der Waals surface area (Å²) in [7, 11) is 0. The normalized spacial score (nSPS) is 15.0. The van der Waals surface area contributed by atoms with Gasteiger partial charge in [-0.2, -0.15) is 5.01 Å². The van der Waals surface area contributed by atoms with Gasteiger partial charge in [0.05, 0.1) is 35.6 Å². The summed E-state index contributed by atoms with van der Waals surface area (Å²) in [5, 5.41) is 8.76. The van der Waals surface area contributed by atoms with E-state index in [0.29, 0.717) is 17.4 Å². The average Bonchev–Trinajstić information content (AvgIpc) is 3.20. The molecule has 0 spiro atoms. The predicted molar refractivity (Wildman–Crippen MR) is 82.0 cm³/mol. The van der Waals surface area contributed by atoms with E-state index in [9.17, 15) is 4.79 Å². The standard InChI is InChI=1S/C14H18N4O3S/c19-13(11-22-10-12-5-4-8-20-12)15-14-9-18(16-21-14)17-6-2-1-3-7-17/h4-5,8-9H,1-3,6-7,10-11H2/p+1. The maximum atomic E-state index is 11.9. The van der Waals surface area contributed by atoms with Gasteiger partial charge in [-0.05, 0) is 31.4 Å². The zero-order valence-electron chi connectivity index (χ0n) is 12.2. The summed E-state index contributed by atoms with van der Waals surface area (Å²) < 4.78 is 10.4. The SMILES string of the molecule is O=C(CSCc1ccco1)Nc1c[n+](N2CCCCC2)no1. The molecule has 0 radical (unpaired) electrons. The van der Waals surface area contributed by atoms with Gasteiger partial charge in [-0.15, -0.1) is 11.8 Å². The average molecular weight is 323 g/mol. The first-order valence-electron chi connectivity index (χ1n) is 7.35. The molecule has 22 heavy (non-hydrogen) atoms. The smallest absolute Gasteiger partial charge is 0.305 e. The number of aromatic nitrogens is 2. The Hall–Kier alpha value is -1.96. The summed E-state index contributed by atoms with van der Waals surface area (Å²) in [6, 6.07) is 3.73. The number of anilines is 1. The Morgan fingerprint density at radius 3 is 3.05 bits per heavy atom. The van der Waals surface area contributed by atoms with Gasteiger partial charge in [-0.25, -0.2) is 0 Å². The minimum atomic E-state index is -0.112. The molecule has 0 saturated carbocycles. The molecule has 3 heterocycles. The van der Waals surface area contributed by atoms with Crippen LogP contribution >= 0.6 is 11.8 Å². The largest absolute Gasteiger partial charge is 0.468 e. The molecule has 1 N–H and O–H groups in total. The van der Waals surface area contributed by atoms with E-state index in [0.717, 1.165) is 31.7 Å². The van der Waals surface area contributed by atoms with E-state index in [1.54, 1.807) is 17.3 Å². The minimum absolute atomic E-state index is 0.112. The van der Waals surface area contributed by atoms with E-state index in [1.165, 1.54) is 18.2 Å². The fourth-order valence-electron chi connectivity index (χ4n) is 2.32. The van der Waals surface area contributed by atoms with Crippen LogP contribution in [0, 0.1) is 0 Å². The number of furan rings is 1. The highest BCUT2D eigenvalue weighted by molar-refractivity contribution is 7.99. The van der Waals surface area contributed by atoms with Crippen molar-refractivity contribution in [1.82, 2.24) is 5.27 Å². The number of thioether (sulfide) groups is 1. The molecular weight excluding hydrogens is 304 g/mol.